The van der Waals surface area contributed by atoms with Crippen LogP contribution in [-0.4, -0.2) is 50.0 Å². The second-order valence-electron chi connectivity index (χ2n) is 5.96. The van der Waals surface area contributed by atoms with Gasteiger partial charge in [-0.25, -0.2) is 8.42 Å². The molecule has 2 aromatic carbocycles. The molecule has 1 aliphatic rings. The fourth-order valence-corrected chi connectivity index (χ4v) is 4.42. The van der Waals surface area contributed by atoms with E-state index in [1.807, 2.05) is 0 Å². The lowest BCUT2D eigenvalue weighted by Gasteiger charge is -2.26. The summed E-state index contributed by atoms with van der Waals surface area (Å²) in [4.78, 5) is 12.4. The van der Waals surface area contributed by atoms with Crippen LogP contribution in [0.2, 0.25) is 5.02 Å². The predicted molar refractivity (Wildman–Crippen MR) is 111 cm³/mol. The zero-order chi connectivity index (χ0) is 20.1. The molecule has 7 nitrogen and oxygen atoms in total. The average Bonchev–Trinajstić information content (AvgIpc) is 2.69. The van der Waals surface area contributed by atoms with Gasteiger partial charge in [-0.1, -0.05) is 17.7 Å². The number of hydrogen-bond acceptors (Lipinski definition) is 5. The lowest BCUT2D eigenvalue weighted by atomic mass is 10.2. The van der Waals surface area contributed by atoms with Crippen molar-refractivity contribution in [3.05, 3.63) is 59.1 Å². The van der Waals surface area contributed by atoms with E-state index in [4.69, 9.17) is 28.6 Å². The van der Waals surface area contributed by atoms with Crippen LogP contribution in [0.1, 0.15) is 10.4 Å². The number of sulfonamides is 1. The Morgan fingerprint density at radius 2 is 1.79 bits per heavy atom. The summed E-state index contributed by atoms with van der Waals surface area (Å²) in [5.41, 5.74) is 0.931. The van der Waals surface area contributed by atoms with Crippen molar-refractivity contribution in [1.29, 1.82) is 0 Å². The van der Waals surface area contributed by atoms with Gasteiger partial charge in [-0.05, 0) is 54.7 Å². The maximum absolute atomic E-state index is 12.6. The molecule has 1 fully saturated rings. The first-order valence-electron chi connectivity index (χ1n) is 8.42. The lowest BCUT2D eigenvalue weighted by Crippen LogP contribution is -2.40. The van der Waals surface area contributed by atoms with Crippen molar-refractivity contribution < 1.29 is 17.9 Å². The first-order valence-corrected chi connectivity index (χ1v) is 10.6. The average molecular weight is 440 g/mol. The van der Waals surface area contributed by atoms with Gasteiger partial charge >= 0.3 is 0 Å². The minimum atomic E-state index is -3.56. The lowest BCUT2D eigenvalue weighted by molar-refractivity contribution is 0.0730. The fraction of sp³-hybridized carbons (Fsp3) is 0.222. The van der Waals surface area contributed by atoms with E-state index in [1.165, 1.54) is 22.5 Å². The Hall–Kier alpha value is -2.04. The van der Waals surface area contributed by atoms with Crippen LogP contribution in [0.15, 0.2) is 53.4 Å². The molecule has 3 rings (SSSR count). The summed E-state index contributed by atoms with van der Waals surface area (Å²) in [5, 5.41) is 5.94. The van der Waals surface area contributed by atoms with Gasteiger partial charge in [-0.2, -0.15) is 4.31 Å². The number of carbonyl (C=O) groups excluding carboxylic acids is 1. The van der Waals surface area contributed by atoms with Crippen LogP contribution in [0.3, 0.4) is 0 Å². The van der Waals surface area contributed by atoms with Crippen LogP contribution in [0.4, 0.5) is 5.69 Å². The smallest absolute Gasteiger partial charge is 0.257 e. The highest BCUT2D eigenvalue weighted by Gasteiger charge is 2.26. The van der Waals surface area contributed by atoms with Crippen LogP contribution in [0.25, 0.3) is 0 Å². The maximum atomic E-state index is 12.6. The van der Waals surface area contributed by atoms with Gasteiger partial charge in [0, 0.05) is 29.4 Å². The molecule has 0 aliphatic carbocycles. The van der Waals surface area contributed by atoms with Crippen LogP contribution >= 0.6 is 23.8 Å². The van der Waals surface area contributed by atoms with Gasteiger partial charge in [0.25, 0.3) is 5.91 Å². The van der Waals surface area contributed by atoms with Crippen LogP contribution in [-0.2, 0) is 14.8 Å². The Labute approximate surface area is 173 Å². The molecule has 148 valence electrons. The molecule has 2 N–H and O–H groups in total. The molecule has 1 amide bonds. The monoisotopic (exact) mass is 439 g/mol. The highest BCUT2D eigenvalue weighted by molar-refractivity contribution is 7.89. The molecule has 1 aliphatic heterocycles. The minimum absolute atomic E-state index is 0.0914. The molecule has 0 aromatic heterocycles. The fourth-order valence-electron chi connectivity index (χ4n) is 2.61. The van der Waals surface area contributed by atoms with E-state index < -0.39 is 15.9 Å². The molecule has 0 spiro atoms. The number of nitrogens with zero attached hydrogens (tertiary/aromatic N) is 1. The number of hydrogen-bond donors (Lipinski definition) is 2. The summed E-state index contributed by atoms with van der Waals surface area (Å²) in [6, 6.07) is 12.7. The standard InChI is InChI=1S/C18H18ClN3O4S2/c19-14-3-1-2-13(12-14)17(23)21-18(27)20-15-4-6-16(7-5-15)28(24,25)22-8-10-26-11-9-22/h1-7,12H,8-11H2,(H2,20,21,23,27). The molecule has 0 atom stereocenters. The normalized spacial score (nSPS) is 15.0. The Morgan fingerprint density at radius 1 is 1.11 bits per heavy atom. The van der Waals surface area contributed by atoms with Crippen molar-refractivity contribution >= 4 is 50.5 Å². The SMILES string of the molecule is O=C(NC(=S)Nc1ccc(S(=O)(=O)N2CCOCC2)cc1)c1cccc(Cl)c1. The van der Waals surface area contributed by atoms with Crippen LogP contribution in [0.5, 0.6) is 0 Å². The molecule has 0 saturated carbocycles. The van der Waals surface area contributed by atoms with E-state index in [0.717, 1.165) is 0 Å². The zero-order valence-corrected chi connectivity index (χ0v) is 17.1. The summed E-state index contributed by atoms with van der Waals surface area (Å²) < 4.78 is 31.8. The third-order valence-corrected chi connectivity index (χ3v) is 6.39. The van der Waals surface area contributed by atoms with Crippen molar-refractivity contribution in [2.45, 2.75) is 4.90 Å². The summed E-state index contributed by atoms with van der Waals surface area (Å²) in [6.45, 7) is 1.45. The molecule has 0 radical (unpaired) electrons. The Balaban J connectivity index is 1.62. The number of benzene rings is 2. The number of morpholine rings is 1. The van der Waals surface area contributed by atoms with E-state index >= 15 is 0 Å². The second-order valence-corrected chi connectivity index (χ2v) is 8.74. The summed E-state index contributed by atoms with van der Waals surface area (Å²) in [5.74, 6) is -0.397. The second kappa shape index (κ2) is 8.97. The molecular weight excluding hydrogens is 422 g/mol. The van der Waals surface area contributed by atoms with E-state index in [9.17, 15) is 13.2 Å². The van der Waals surface area contributed by atoms with Gasteiger partial charge in [0.05, 0.1) is 18.1 Å². The number of halogens is 1. The van der Waals surface area contributed by atoms with Crippen molar-refractivity contribution in [2.24, 2.45) is 0 Å². The first-order chi connectivity index (χ1) is 13.4. The van der Waals surface area contributed by atoms with Crippen molar-refractivity contribution in [3.8, 4) is 0 Å². The molecule has 2 aromatic rings. The van der Waals surface area contributed by atoms with Gasteiger partial charge < -0.3 is 10.1 Å². The van der Waals surface area contributed by atoms with E-state index in [2.05, 4.69) is 10.6 Å². The van der Waals surface area contributed by atoms with Gasteiger partial charge in [0.1, 0.15) is 0 Å². The van der Waals surface area contributed by atoms with E-state index in [1.54, 1.807) is 30.3 Å². The molecule has 1 saturated heterocycles. The van der Waals surface area contributed by atoms with Crippen molar-refractivity contribution in [3.63, 3.8) is 0 Å². The number of rotatable bonds is 4. The van der Waals surface area contributed by atoms with Gasteiger partial charge in [-0.3, -0.25) is 10.1 Å². The van der Waals surface area contributed by atoms with Crippen LogP contribution < -0.4 is 10.6 Å². The summed E-state index contributed by atoms with van der Waals surface area (Å²) >= 11 is 11.0. The molecular formula is C18H18ClN3O4S2. The molecule has 0 bridgehead atoms. The number of anilines is 1. The van der Waals surface area contributed by atoms with E-state index in [-0.39, 0.29) is 10.0 Å². The summed E-state index contributed by atoms with van der Waals surface area (Å²) in [6.07, 6.45) is 0. The van der Waals surface area contributed by atoms with Crippen LogP contribution in [0, 0.1) is 0 Å². The number of carbonyl (C=O) groups is 1. The third kappa shape index (κ3) is 5.06. The molecule has 10 heteroatoms. The zero-order valence-electron chi connectivity index (χ0n) is 14.7. The van der Waals surface area contributed by atoms with Gasteiger partial charge in [0.15, 0.2) is 5.11 Å². The van der Waals surface area contributed by atoms with Crippen molar-refractivity contribution in [2.75, 3.05) is 31.6 Å². The maximum Gasteiger partial charge on any atom is 0.257 e. The molecule has 0 unspecified atom stereocenters. The van der Waals surface area contributed by atoms with E-state index in [0.29, 0.717) is 42.6 Å². The molecule has 1 heterocycles. The topological polar surface area (TPSA) is 87.7 Å². The Morgan fingerprint density at radius 3 is 2.43 bits per heavy atom. The largest absolute Gasteiger partial charge is 0.379 e. The Kier molecular flexibility index (Phi) is 6.63. The first kappa shape index (κ1) is 20.7. The molecule has 28 heavy (non-hydrogen) atoms. The minimum Gasteiger partial charge on any atom is -0.379 e. The number of nitrogens with one attached hydrogen (secondary N) is 2. The number of ether oxygens (including phenoxy) is 1. The third-order valence-electron chi connectivity index (χ3n) is 4.03. The van der Waals surface area contributed by atoms with Gasteiger partial charge in [0.2, 0.25) is 10.0 Å². The van der Waals surface area contributed by atoms with Crippen molar-refractivity contribution in [1.82, 2.24) is 9.62 Å². The highest BCUT2D eigenvalue weighted by Crippen LogP contribution is 2.19. The number of thiocarbonyl (C=S) groups is 1. The predicted octanol–water partition coefficient (Wildman–Crippen LogP) is 2.49. The van der Waals surface area contributed by atoms with Gasteiger partial charge in [-0.15, -0.1) is 0 Å². The highest BCUT2D eigenvalue weighted by atomic mass is 35.5. The summed E-state index contributed by atoms with van der Waals surface area (Å²) in [7, 11) is -3.56. The number of amides is 1. The Bertz CT molecular complexity index is 975. The quantitative estimate of drug-likeness (QED) is 0.711.